The maximum atomic E-state index is 12.4. The van der Waals surface area contributed by atoms with Crippen LogP contribution in [-0.4, -0.2) is 23.6 Å². The number of benzene rings is 1. The molecule has 3 nitrogen and oxygen atoms in total. The number of hydrogen-bond acceptors (Lipinski definition) is 2. The molecule has 1 aliphatic rings. The fraction of sp³-hybridized carbons (Fsp3) is 0.529. The molecule has 0 aliphatic carbocycles. The van der Waals surface area contributed by atoms with Crippen LogP contribution in [-0.2, 0) is 11.2 Å². The third kappa shape index (κ3) is 3.13. The number of rotatable bonds is 3. The van der Waals surface area contributed by atoms with E-state index in [1.54, 1.807) is 6.07 Å². The maximum absolute atomic E-state index is 12.4. The molecular formula is C17H22ClNO2. The molecule has 1 aromatic carbocycles. The van der Waals surface area contributed by atoms with E-state index in [0.29, 0.717) is 18.5 Å². The summed E-state index contributed by atoms with van der Waals surface area (Å²) < 4.78 is 0. The van der Waals surface area contributed by atoms with Crippen LogP contribution in [0.4, 0.5) is 5.69 Å². The van der Waals surface area contributed by atoms with Gasteiger partial charge in [-0.3, -0.25) is 9.59 Å². The average Bonchev–Trinajstić information content (AvgIpc) is 2.86. The Morgan fingerprint density at radius 3 is 2.57 bits per heavy atom. The Hall–Kier alpha value is -1.35. The summed E-state index contributed by atoms with van der Waals surface area (Å²) in [6, 6.07) is 5.54. The van der Waals surface area contributed by atoms with Gasteiger partial charge >= 0.3 is 0 Å². The number of ketones is 1. The Balaban J connectivity index is 2.29. The highest BCUT2D eigenvalue weighted by Gasteiger charge is 2.32. The first-order valence-corrected chi connectivity index (χ1v) is 7.82. The number of fused-ring (bicyclic) bond motifs is 1. The Labute approximate surface area is 131 Å². The summed E-state index contributed by atoms with van der Waals surface area (Å²) in [4.78, 5) is 26.4. The van der Waals surface area contributed by atoms with Crippen LogP contribution < -0.4 is 4.90 Å². The first-order valence-electron chi connectivity index (χ1n) is 7.39. The summed E-state index contributed by atoms with van der Waals surface area (Å²) in [7, 11) is 0. The summed E-state index contributed by atoms with van der Waals surface area (Å²) in [5.74, 6) is 0.0756. The summed E-state index contributed by atoms with van der Waals surface area (Å²) >= 11 is 6.03. The molecule has 0 N–H and O–H groups in total. The number of carbonyl (C=O) groups excluding carboxylic acids is 2. The lowest BCUT2D eigenvalue weighted by atomic mass is 9.94. The van der Waals surface area contributed by atoms with Crippen molar-refractivity contribution in [2.75, 3.05) is 11.4 Å². The van der Waals surface area contributed by atoms with E-state index in [4.69, 9.17) is 11.6 Å². The SMILES string of the molecule is CCC(Cl)C(=O)c1ccc2c(c1)CCN2C(=O)C(C)(C)C. The van der Waals surface area contributed by atoms with Gasteiger partial charge in [-0.2, -0.15) is 0 Å². The molecule has 0 fully saturated rings. The predicted octanol–water partition coefficient (Wildman–Crippen LogP) is 3.82. The fourth-order valence-corrected chi connectivity index (χ4v) is 2.66. The number of nitrogens with zero attached hydrogens (tertiary/aromatic N) is 1. The van der Waals surface area contributed by atoms with Crippen LogP contribution in [0.1, 0.15) is 50.0 Å². The number of alkyl halides is 1. The van der Waals surface area contributed by atoms with Gasteiger partial charge in [0, 0.05) is 23.2 Å². The van der Waals surface area contributed by atoms with Gasteiger partial charge in [0.2, 0.25) is 5.91 Å². The molecule has 1 aliphatic heterocycles. The normalized spacial score (nSPS) is 15.8. The van der Waals surface area contributed by atoms with Crippen LogP contribution in [0.2, 0.25) is 0 Å². The monoisotopic (exact) mass is 307 g/mol. The minimum Gasteiger partial charge on any atom is -0.311 e. The van der Waals surface area contributed by atoms with Crippen molar-refractivity contribution in [3.8, 4) is 0 Å². The number of amides is 1. The van der Waals surface area contributed by atoms with Crippen LogP contribution >= 0.6 is 11.6 Å². The third-order valence-corrected chi connectivity index (χ3v) is 4.30. The van der Waals surface area contributed by atoms with E-state index < -0.39 is 10.8 Å². The molecule has 0 saturated carbocycles. The molecular weight excluding hydrogens is 286 g/mol. The quantitative estimate of drug-likeness (QED) is 0.629. The van der Waals surface area contributed by atoms with Gasteiger partial charge in [-0.1, -0.05) is 27.7 Å². The zero-order valence-electron chi connectivity index (χ0n) is 13.1. The van der Waals surface area contributed by atoms with Crippen molar-refractivity contribution in [1.82, 2.24) is 0 Å². The molecule has 0 spiro atoms. The summed E-state index contributed by atoms with van der Waals surface area (Å²) in [5.41, 5.74) is 2.22. The van der Waals surface area contributed by atoms with E-state index in [9.17, 15) is 9.59 Å². The van der Waals surface area contributed by atoms with Gasteiger partial charge in [0.15, 0.2) is 5.78 Å². The van der Waals surface area contributed by atoms with Gasteiger partial charge in [-0.15, -0.1) is 11.6 Å². The van der Waals surface area contributed by atoms with Crippen molar-refractivity contribution >= 4 is 29.0 Å². The van der Waals surface area contributed by atoms with E-state index in [1.807, 2.05) is 44.7 Å². The second-order valence-corrected chi connectivity index (χ2v) is 7.07. The number of carbonyl (C=O) groups is 2. The highest BCUT2D eigenvalue weighted by atomic mass is 35.5. The van der Waals surface area contributed by atoms with Crippen LogP contribution in [0.25, 0.3) is 0 Å². The fourth-order valence-electron chi connectivity index (χ4n) is 2.54. The van der Waals surface area contributed by atoms with Crippen LogP contribution in [0.5, 0.6) is 0 Å². The Bertz CT molecular complexity index is 575. The largest absolute Gasteiger partial charge is 0.311 e. The number of Topliss-reactive ketones (excluding diaryl/α,β-unsaturated/α-hetero) is 1. The molecule has 0 bridgehead atoms. The number of halogens is 1. The van der Waals surface area contributed by atoms with Crippen molar-refractivity contribution in [3.63, 3.8) is 0 Å². The van der Waals surface area contributed by atoms with Gasteiger partial charge in [0.25, 0.3) is 0 Å². The van der Waals surface area contributed by atoms with E-state index >= 15 is 0 Å². The summed E-state index contributed by atoms with van der Waals surface area (Å²) in [6.07, 6.45) is 1.41. The first-order chi connectivity index (χ1) is 9.75. The van der Waals surface area contributed by atoms with Crippen LogP contribution in [0.15, 0.2) is 18.2 Å². The van der Waals surface area contributed by atoms with Gasteiger partial charge in [0.05, 0.1) is 5.38 Å². The molecule has 114 valence electrons. The van der Waals surface area contributed by atoms with Crippen molar-refractivity contribution in [2.45, 2.75) is 45.9 Å². The lowest BCUT2D eigenvalue weighted by molar-refractivity contribution is -0.125. The van der Waals surface area contributed by atoms with Gasteiger partial charge in [0.1, 0.15) is 0 Å². The lowest BCUT2D eigenvalue weighted by Gasteiger charge is -2.26. The molecule has 2 rings (SSSR count). The second kappa shape index (κ2) is 5.80. The average molecular weight is 308 g/mol. The predicted molar refractivity (Wildman–Crippen MR) is 86.2 cm³/mol. The zero-order chi connectivity index (χ0) is 15.8. The smallest absolute Gasteiger partial charge is 0.232 e. The minimum atomic E-state index is -0.475. The highest BCUT2D eigenvalue weighted by Crippen LogP contribution is 2.33. The van der Waals surface area contributed by atoms with E-state index in [1.165, 1.54) is 0 Å². The van der Waals surface area contributed by atoms with Crippen molar-refractivity contribution in [3.05, 3.63) is 29.3 Å². The molecule has 0 saturated heterocycles. The topological polar surface area (TPSA) is 37.4 Å². The van der Waals surface area contributed by atoms with E-state index in [0.717, 1.165) is 17.7 Å². The standard InChI is InChI=1S/C17H22ClNO2/c1-5-13(18)15(20)12-6-7-14-11(10-12)8-9-19(14)16(21)17(2,3)4/h6-7,10,13H,5,8-9H2,1-4H3. The maximum Gasteiger partial charge on any atom is 0.232 e. The molecule has 0 aromatic heterocycles. The molecule has 1 aromatic rings. The number of anilines is 1. The summed E-state index contributed by atoms with van der Waals surface area (Å²) in [6.45, 7) is 8.34. The first kappa shape index (κ1) is 16.0. The summed E-state index contributed by atoms with van der Waals surface area (Å²) in [5, 5.41) is -0.475. The Morgan fingerprint density at radius 1 is 1.33 bits per heavy atom. The van der Waals surface area contributed by atoms with Crippen molar-refractivity contribution in [2.24, 2.45) is 5.41 Å². The van der Waals surface area contributed by atoms with E-state index in [2.05, 4.69) is 0 Å². The molecule has 1 amide bonds. The molecule has 0 radical (unpaired) electrons. The van der Waals surface area contributed by atoms with Gasteiger partial charge in [-0.25, -0.2) is 0 Å². The zero-order valence-corrected chi connectivity index (χ0v) is 13.8. The molecule has 1 heterocycles. The third-order valence-electron chi connectivity index (χ3n) is 3.79. The van der Waals surface area contributed by atoms with Gasteiger partial charge < -0.3 is 4.90 Å². The Kier molecular flexibility index (Phi) is 4.43. The van der Waals surface area contributed by atoms with Crippen LogP contribution in [0.3, 0.4) is 0 Å². The number of hydrogen-bond donors (Lipinski definition) is 0. The lowest BCUT2D eigenvalue weighted by Crippen LogP contribution is -2.38. The van der Waals surface area contributed by atoms with E-state index in [-0.39, 0.29) is 11.7 Å². The van der Waals surface area contributed by atoms with Crippen LogP contribution in [0, 0.1) is 5.41 Å². The van der Waals surface area contributed by atoms with Crippen molar-refractivity contribution < 1.29 is 9.59 Å². The highest BCUT2D eigenvalue weighted by molar-refractivity contribution is 6.33. The molecule has 1 unspecified atom stereocenters. The Morgan fingerprint density at radius 2 is 2.00 bits per heavy atom. The molecule has 1 atom stereocenters. The van der Waals surface area contributed by atoms with Gasteiger partial charge in [-0.05, 0) is 36.6 Å². The molecule has 21 heavy (non-hydrogen) atoms. The van der Waals surface area contributed by atoms with Crippen molar-refractivity contribution in [1.29, 1.82) is 0 Å². The molecule has 4 heteroatoms. The second-order valence-electron chi connectivity index (χ2n) is 6.54. The minimum absolute atomic E-state index is 0.0393.